The standard InChI is InChI=1S/C20H28N4O3S/c25-20-23(13-15-5-2-1-3-6-15)18-7-4-11-21-19(18)24(20)16-10-12-22(14-16)28(26,27)17-8-9-17/h4,7,11,15-17H,1-3,5-6,8-10,12-14H2. The number of hydrogen-bond donors (Lipinski definition) is 0. The first-order chi connectivity index (χ1) is 13.6. The van der Waals surface area contributed by atoms with Crippen molar-refractivity contribution in [3.63, 3.8) is 0 Å². The summed E-state index contributed by atoms with van der Waals surface area (Å²) in [6.07, 6.45) is 10.1. The van der Waals surface area contributed by atoms with Crippen molar-refractivity contribution in [2.24, 2.45) is 5.92 Å². The molecule has 0 bridgehead atoms. The summed E-state index contributed by atoms with van der Waals surface area (Å²) in [5.74, 6) is 0.543. The Morgan fingerprint density at radius 3 is 2.61 bits per heavy atom. The van der Waals surface area contributed by atoms with Crippen LogP contribution in [0.25, 0.3) is 11.2 Å². The third-order valence-electron chi connectivity index (χ3n) is 6.68. The second-order valence-corrected chi connectivity index (χ2v) is 10.9. The number of rotatable bonds is 5. The molecule has 2 saturated carbocycles. The van der Waals surface area contributed by atoms with Crippen molar-refractivity contribution in [2.75, 3.05) is 13.1 Å². The maximum Gasteiger partial charge on any atom is 0.330 e. The van der Waals surface area contributed by atoms with Crippen molar-refractivity contribution < 1.29 is 8.42 Å². The molecule has 1 unspecified atom stereocenters. The third-order valence-corrected chi connectivity index (χ3v) is 9.05. The van der Waals surface area contributed by atoms with E-state index in [9.17, 15) is 13.2 Å². The third kappa shape index (κ3) is 3.10. The van der Waals surface area contributed by atoms with Gasteiger partial charge in [-0.25, -0.2) is 18.2 Å². The lowest BCUT2D eigenvalue weighted by atomic mass is 9.89. The largest absolute Gasteiger partial charge is 0.330 e. The van der Waals surface area contributed by atoms with Crippen LogP contribution in [0.5, 0.6) is 0 Å². The van der Waals surface area contributed by atoms with Crippen molar-refractivity contribution >= 4 is 21.2 Å². The molecule has 28 heavy (non-hydrogen) atoms. The average Bonchev–Trinajstić information content (AvgIpc) is 3.40. The number of pyridine rings is 1. The first-order valence-electron chi connectivity index (χ1n) is 10.6. The molecule has 2 aromatic rings. The van der Waals surface area contributed by atoms with Crippen molar-refractivity contribution in [3.05, 3.63) is 28.8 Å². The monoisotopic (exact) mass is 404 g/mol. The molecule has 3 heterocycles. The van der Waals surface area contributed by atoms with E-state index in [4.69, 9.17) is 0 Å². The van der Waals surface area contributed by atoms with Crippen LogP contribution >= 0.6 is 0 Å². The van der Waals surface area contributed by atoms with Crippen molar-refractivity contribution in [2.45, 2.75) is 69.2 Å². The molecule has 2 aliphatic carbocycles. The summed E-state index contributed by atoms with van der Waals surface area (Å²) < 4.78 is 30.5. The Bertz CT molecular complexity index is 1030. The second kappa shape index (κ2) is 6.99. The molecular weight excluding hydrogens is 376 g/mol. The zero-order valence-electron chi connectivity index (χ0n) is 16.2. The Labute approximate surface area is 165 Å². The number of imidazole rings is 1. The van der Waals surface area contributed by atoms with Gasteiger partial charge in [-0.15, -0.1) is 0 Å². The summed E-state index contributed by atoms with van der Waals surface area (Å²) in [6, 6.07) is 3.71. The zero-order valence-corrected chi connectivity index (χ0v) is 17.0. The Morgan fingerprint density at radius 1 is 1.07 bits per heavy atom. The van der Waals surface area contributed by atoms with E-state index in [2.05, 4.69) is 4.98 Å². The number of sulfonamides is 1. The normalized spacial score (nSPS) is 24.9. The molecule has 3 fully saturated rings. The quantitative estimate of drug-likeness (QED) is 0.767. The van der Waals surface area contributed by atoms with Gasteiger partial charge >= 0.3 is 5.69 Å². The highest BCUT2D eigenvalue weighted by atomic mass is 32.2. The molecule has 5 rings (SSSR count). The van der Waals surface area contributed by atoms with E-state index < -0.39 is 10.0 Å². The lowest BCUT2D eigenvalue weighted by Crippen LogP contribution is -2.34. The highest BCUT2D eigenvalue weighted by molar-refractivity contribution is 7.90. The number of fused-ring (bicyclic) bond motifs is 1. The van der Waals surface area contributed by atoms with Gasteiger partial charge in [0, 0.05) is 25.8 Å². The number of nitrogens with zero attached hydrogens (tertiary/aromatic N) is 4. The number of hydrogen-bond acceptors (Lipinski definition) is 4. The van der Waals surface area contributed by atoms with E-state index in [1.54, 1.807) is 15.1 Å². The minimum Gasteiger partial charge on any atom is -0.290 e. The fraction of sp³-hybridized carbons (Fsp3) is 0.700. The number of aromatic nitrogens is 3. The van der Waals surface area contributed by atoms with E-state index in [1.165, 1.54) is 32.1 Å². The van der Waals surface area contributed by atoms with Gasteiger partial charge in [-0.05, 0) is 50.2 Å². The summed E-state index contributed by atoms with van der Waals surface area (Å²) >= 11 is 0. The fourth-order valence-corrected chi connectivity index (χ4v) is 6.86. The highest BCUT2D eigenvalue weighted by Crippen LogP contribution is 2.35. The minimum atomic E-state index is -3.20. The van der Waals surface area contributed by atoms with Gasteiger partial charge in [0.25, 0.3) is 0 Å². The Morgan fingerprint density at radius 2 is 1.86 bits per heavy atom. The van der Waals surface area contributed by atoms with Crippen LogP contribution in [-0.2, 0) is 16.6 Å². The smallest absolute Gasteiger partial charge is 0.290 e. The maximum atomic E-state index is 13.4. The molecule has 0 radical (unpaired) electrons. The molecule has 1 aliphatic heterocycles. The lowest BCUT2D eigenvalue weighted by molar-refractivity contribution is 0.317. The van der Waals surface area contributed by atoms with Gasteiger partial charge in [0.2, 0.25) is 10.0 Å². The first-order valence-corrected chi connectivity index (χ1v) is 12.1. The van der Waals surface area contributed by atoms with E-state index in [0.717, 1.165) is 24.9 Å². The van der Waals surface area contributed by atoms with E-state index in [-0.39, 0.29) is 17.0 Å². The Kier molecular flexibility index (Phi) is 4.58. The van der Waals surface area contributed by atoms with Gasteiger partial charge in [0.15, 0.2) is 5.65 Å². The molecule has 152 valence electrons. The lowest BCUT2D eigenvalue weighted by Gasteiger charge is -2.21. The molecule has 0 amide bonds. The van der Waals surface area contributed by atoms with Crippen LogP contribution in [0.2, 0.25) is 0 Å². The van der Waals surface area contributed by atoms with Crippen LogP contribution in [0.15, 0.2) is 23.1 Å². The summed E-state index contributed by atoms with van der Waals surface area (Å²) in [4.78, 5) is 17.9. The van der Waals surface area contributed by atoms with Gasteiger partial charge in [0.05, 0.1) is 16.8 Å². The van der Waals surface area contributed by atoms with Crippen molar-refractivity contribution in [1.29, 1.82) is 0 Å². The summed E-state index contributed by atoms with van der Waals surface area (Å²) in [7, 11) is -3.20. The van der Waals surface area contributed by atoms with Gasteiger partial charge < -0.3 is 0 Å². The molecule has 8 heteroatoms. The molecule has 0 spiro atoms. The molecule has 7 nitrogen and oxygen atoms in total. The van der Waals surface area contributed by atoms with Gasteiger partial charge in [-0.2, -0.15) is 4.31 Å². The fourth-order valence-electron chi connectivity index (χ4n) is 4.97. The van der Waals surface area contributed by atoms with Crippen LogP contribution in [0, 0.1) is 5.92 Å². The summed E-state index contributed by atoms with van der Waals surface area (Å²) in [5, 5.41) is -0.200. The SMILES string of the molecule is O=c1n(CC2CCCCC2)c2cccnc2n1C1CCN(S(=O)(=O)C2CC2)C1. The van der Waals surface area contributed by atoms with Gasteiger partial charge in [-0.3, -0.25) is 9.13 Å². The first kappa shape index (κ1) is 18.4. The molecular formula is C20H28N4O3S. The van der Waals surface area contributed by atoms with Crippen LogP contribution in [0.3, 0.4) is 0 Å². The summed E-state index contributed by atoms with van der Waals surface area (Å²) in [5.41, 5.74) is 1.54. The average molecular weight is 405 g/mol. The zero-order chi connectivity index (χ0) is 19.3. The second-order valence-electron chi connectivity index (χ2n) is 8.66. The minimum absolute atomic E-state index is 0.0325. The van der Waals surface area contributed by atoms with E-state index >= 15 is 0 Å². The predicted octanol–water partition coefficient (Wildman–Crippen LogP) is 2.52. The molecule has 3 aliphatic rings. The maximum absolute atomic E-state index is 13.4. The van der Waals surface area contributed by atoms with Crippen LogP contribution in [0.1, 0.15) is 57.4 Å². The Balaban J connectivity index is 1.48. The predicted molar refractivity (Wildman–Crippen MR) is 108 cm³/mol. The molecule has 2 aromatic heterocycles. The van der Waals surface area contributed by atoms with E-state index in [0.29, 0.717) is 31.1 Å². The van der Waals surface area contributed by atoms with Crippen LogP contribution < -0.4 is 5.69 Å². The van der Waals surface area contributed by atoms with Gasteiger partial charge in [0.1, 0.15) is 0 Å². The van der Waals surface area contributed by atoms with Crippen molar-refractivity contribution in [3.8, 4) is 0 Å². The topological polar surface area (TPSA) is 77.2 Å². The molecule has 0 N–H and O–H groups in total. The van der Waals surface area contributed by atoms with Crippen LogP contribution in [0.4, 0.5) is 0 Å². The highest BCUT2D eigenvalue weighted by Gasteiger charge is 2.43. The van der Waals surface area contributed by atoms with Crippen LogP contribution in [-0.4, -0.2) is 45.2 Å². The molecule has 0 aromatic carbocycles. The summed E-state index contributed by atoms with van der Waals surface area (Å²) in [6.45, 7) is 1.63. The van der Waals surface area contributed by atoms with Gasteiger partial charge in [-0.1, -0.05) is 19.3 Å². The van der Waals surface area contributed by atoms with Crippen molar-refractivity contribution in [1.82, 2.24) is 18.4 Å². The van der Waals surface area contributed by atoms with E-state index in [1.807, 2.05) is 16.7 Å². The molecule has 1 atom stereocenters. The molecule has 1 saturated heterocycles. The Hall–Kier alpha value is -1.67.